The van der Waals surface area contributed by atoms with Crippen LogP contribution in [0.1, 0.15) is 30.9 Å². The van der Waals surface area contributed by atoms with Crippen molar-refractivity contribution in [2.24, 2.45) is 16.8 Å². The average molecular weight is 328 g/mol. The smallest absolute Gasteiger partial charge is 0.193 e. The van der Waals surface area contributed by atoms with Gasteiger partial charge in [0.1, 0.15) is 0 Å². The quantitative estimate of drug-likeness (QED) is 0.678. The molecule has 0 amide bonds. The van der Waals surface area contributed by atoms with Gasteiger partial charge in [-0.3, -0.25) is 9.98 Å². The molecule has 3 aliphatic heterocycles. The van der Waals surface area contributed by atoms with E-state index in [0.29, 0.717) is 12.2 Å². The van der Waals surface area contributed by atoms with Crippen LogP contribution in [0, 0.1) is 18.8 Å². The number of fused-ring (bicyclic) bond motifs is 5. The molecule has 24 heavy (non-hydrogen) atoms. The Morgan fingerprint density at radius 2 is 2.08 bits per heavy atom. The maximum Gasteiger partial charge on any atom is 0.193 e. The Bertz CT molecular complexity index is 599. The molecule has 4 atom stereocenters. The van der Waals surface area contributed by atoms with Crippen molar-refractivity contribution >= 4 is 5.96 Å². The zero-order valence-corrected chi connectivity index (χ0v) is 14.7. The molecule has 4 rings (SSSR count). The van der Waals surface area contributed by atoms with Gasteiger partial charge in [-0.1, -0.05) is 0 Å². The van der Waals surface area contributed by atoms with E-state index in [2.05, 4.69) is 35.1 Å². The third kappa shape index (κ3) is 2.90. The predicted molar refractivity (Wildman–Crippen MR) is 95.1 cm³/mol. The SMILES string of the molecule is CCNC(=NCCc1ccncc1C)N1CC2C3CCC(O3)C2C1. The first-order chi connectivity index (χ1) is 11.8. The number of ether oxygens (including phenoxy) is 1. The molecule has 3 saturated heterocycles. The van der Waals surface area contributed by atoms with E-state index in [0.717, 1.165) is 50.4 Å². The Balaban J connectivity index is 1.40. The Hall–Kier alpha value is -1.62. The molecule has 0 aliphatic carbocycles. The molecule has 4 heterocycles. The number of likely N-dealkylation sites (tertiary alicyclic amines) is 1. The number of rotatable bonds is 4. The summed E-state index contributed by atoms with van der Waals surface area (Å²) in [7, 11) is 0. The molecule has 1 N–H and O–H groups in total. The van der Waals surface area contributed by atoms with Gasteiger partial charge < -0.3 is 15.0 Å². The number of aliphatic imine (C=N–C) groups is 1. The van der Waals surface area contributed by atoms with Gasteiger partial charge in [0.15, 0.2) is 5.96 Å². The van der Waals surface area contributed by atoms with Crippen molar-refractivity contribution in [3.8, 4) is 0 Å². The van der Waals surface area contributed by atoms with Crippen LogP contribution in [0.25, 0.3) is 0 Å². The van der Waals surface area contributed by atoms with Gasteiger partial charge in [0.05, 0.1) is 12.2 Å². The summed E-state index contributed by atoms with van der Waals surface area (Å²) in [4.78, 5) is 11.5. The molecular formula is C19H28N4O. The van der Waals surface area contributed by atoms with Crippen LogP contribution >= 0.6 is 0 Å². The van der Waals surface area contributed by atoms with E-state index in [1.165, 1.54) is 24.0 Å². The summed E-state index contributed by atoms with van der Waals surface area (Å²) in [5, 5.41) is 3.49. The summed E-state index contributed by atoms with van der Waals surface area (Å²) in [5.41, 5.74) is 2.59. The van der Waals surface area contributed by atoms with Crippen LogP contribution in [0.4, 0.5) is 0 Å². The molecule has 2 bridgehead atoms. The molecule has 3 aliphatic rings. The molecule has 130 valence electrons. The highest BCUT2D eigenvalue weighted by Crippen LogP contribution is 2.47. The van der Waals surface area contributed by atoms with E-state index in [1.807, 2.05) is 12.4 Å². The lowest BCUT2D eigenvalue weighted by atomic mass is 9.82. The minimum Gasteiger partial charge on any atom is -0.374 e. The van der Waals surface area contributed by atoms with Gasteiger partial charge in [-0.15, -0.1) is 0 Å². The van der Waals surface area contributed by atoms with Gasteiger partial charge in [0.2, 0.25) is 0 Å². The van der Waals surface area contributed by atoms with E-state index in [1.54, 1.807) is 0 Å². The Labute approximate surface area is 144 Å². The molecule has 5 nitrogen and oxygen atoms in total. The van der Waals surface area contributed by atoms with E-state index >= 15 is 0 Å². The topological polar surface area (TPSA) is 49.8 Å². The van der Waals surface area contributed by atoms with Crippen molar-refractivity contribution in [2.45, 2.75) is 45.3 Å². The molecule has 1 aromatic rings. The van der Waals surface area contributed by atoms with Crippen LogP contribution in [0.5, 0.6) is 0 Å². The number of hydrogen-bond donors (Lipinski definition) is 1. The molecule has 0 aromatic carbocycles. The summed E-state index contributed by atoms with van der Waals surface area (Å²) in [6.07, 6.45) is 8.30. The van der Waals surface area contributed by atoms with Gasteiger partial charge in [0, 0.05) is 50.4 Å². The van der Waals surface area contributed by atoms with Crippen molar-refractivity contribution < 1.29 is 4.74 Å². The van der Waals surface area contributed by atoms with Crippen LogP contribution in [-0.4, -0.2) is 54.2 Å². The highest BCUT2D eigenvalue weighted by Gasteiger charge is 2.53. The second-order valence-electron chi connectivity index (χ2n) is 7.31. The van der Waals surface area contributed by atoms with E-state index in [9.17, 15) is 0 Å². The number of nitrogens with one attached hydrogen (secondary N) is 1. The lowest BCUT2D eigenvalue weighted by Crippen LogP contribution is -2.41. The molecule has 0 spiro atoms. The Morgan fingerprint density at radius 1 is 1.33 bits per heavy atom. The van der Waals surface area contributed by atoms with Gasteiger partial charge in [0.25, 0.3) is 0 Å². The normalized spacial score (nSPS) is 31.6. The fourth-order valence-corrected chi connectivity index (χ4v) is 4.62. The predicted octanol–water partition coefficient (Wildman–Crippen LogP) is 2.01. The second kappa shape index (κ2) is 6.71. The van der Waals surface area contributed by atoms with Crippen molar-refractivity contribution in [2.75, 3.05) is 26.2 Å². The van der Waals surface area contributed by atoms with Crippen LogP contribution < -0.4 is 5.32 Å². The van der Waals surface area contributed by atoms with Crippen molar-refractivity contribution in [3.05, 3.63) is 29.6 Å². The zero-order chi connectivity index (χ0) is 16.5. The van der Waals surface area contributed by atoms with Crippen LogP contribution in [0.2, 0.25) is 0 Å². The fourth-order valence-electron chi connectivity index (χ4n) is 4.62. The van der Waals surface area contributed by atoms with Crippen molar-refractivity contribution in [1.29, 1.82) is 0 Å². The van der Waals surface area contributed by atoms with E-state index in [4.69, 9.17) is 9.73 Å². The first kappa shape index (κ1) is 15.9. The Kier molecular flexibility index (Phi) is 4.44. The van der Waals surface area contributed by atoms with Gasteiger partial charge in [-0.05, 0) is 50.3 Å². The largest absolute Gasteiger partial charge is 0.374 e. The Morgan fingerprint density at radius 3 is 2.75 bits per heavy atom. The zero-order valence-electron chi connectivity index (χ0n) is 14.7. The minimum atomic E-state index is 0.507. The molecule has 0 saturated carbocycles. The summed E-state index contributed by atoms with van der Waals surface area (Å²) < 4.78 is 6.09. The van der Waals surface area contributed by atoms with Crippen LogP contribution in [0.3, 0.4) is 0 Å². The van der Waals surface area contributed by atoms with Gasteiger partial charge >= 0.3 is 0 Å². The van der Waals surface area contributed by atoms with Crippen molar-refractivity contribution in [1.82, 2.24) is 15.2 Å². The van der Waals surface area contributed by atoms with Gasteiger partial charge in [-0.2, -0.15) is 0 Å². The third-order valence-electron chi connectivity index (χ3n) is 5.87. The maximum absolute atomic E-state index is 6.09. The van der Waals surface area contributed by atoms with E-state index < -0.39 is 0 Å². The highest BCUT2D eigenvalue weighted by molar-refractivity contribution is 5.80. The minimum absolute atomic E-state index is 0.507. The number of pyridine rings is 1. The first-order valence-corrected chi connectivity index (χ1v) is 9.34. The number of guanidine groups is 1. The highest BCUT2D eigenvalue weighted by atomic mass is 16.5. The maximum atomic E-state index is 6.09. The summed E-state index contributed by atoms with van der Waals surface area (Å²) in [5.74, 6) is 2.52. The molecule has 4 unspecified atom stereocenters. The lowest BCUT2D eigenvalue weighted by molar-refractivity contribution is 0.0767. The van der Waals surface area contributed by atoms with Gasteiger partial charge in [-0.25, -0.2) is 0 Å². The summed E-state index contributed by atoms with van der Waals surface area (Å²) >= 11 is 0. The molecule has 1 aromatic heterocycles. The molecule has 3 fully saturated rings. The third-order valence-corrected chi connectivity index (χ3v) is 5.87. The first-order valence-electron chi connectivity index (χ1n) is 9.34. The van der Waals surface area contributed by atoms with Crippen LogP contribution in [0.15, 0.2) is 23.5 Å². The molecular weight excluding hydrogens is 300 g/mol. The summed E-state index contributed by atoms with van der Waals surface area (Å²) in [6, 6.07) is 2.10. The number of aromatic nitrogens is 1. The lowest BCUT2D eigenvalue weighted by Gasteiger charge is -2.23. The van der Waals surface area contributed by atoms with E-state index in [-0.39, 0.29) is 0 Å². The molecule has 0 radical (unpaired) electrons. The monoisotopic (exact) mass is 328 g/mol. The van der Waals surface area contributed by atoms with Crippen molar-refractivity contribution in [3.63, 3.8) is 0 Å². The number of nitrogens with zero attached hydrogens (tertiary/aromatic N) is 3. The standard InChI is InChI=1S/C19H28N4O/c1-3-21-19(22-9-7-14-6-8-20-10-13(14)2)23-11-15-16(12-23)18-5-4-17(15)24-18/h6,8,10,15-18H,3-5,7,9,11-12H2,1-2H3,(H,21,22). The number of hydrogen-bond acceptors (Lipinski definition) is 3. The molecule has 5 heteroatoms. The summed E-state index contributed by atoms with van der Waals surface area (Å²) in [6.45, 7) is 8.21. The van der Waals surface area contributed by atoms with Crippen LogP contribution in [-0.2, 0) is 11.2 Å². The fraction of sp³-hybridized carbons (Fsp3) is 0.684. The second-order valence-corrected chi connectivity index (χ2v) is 7.31. The average Bonchev–Trinajstić information content (AvgIpc) is 3.28. The number of aryl methyl sites for hydroxylation is 1.